The molecule has 0 saturated heterocycles. The highest BCUT2D eigenvalue weighted by Crippen LogP contribution is 2.27. The van der Waals surface area contributed by atoms with Gasteiger partial charge in [-0.25, -0.2) is 5.43 Å². The number of hydrogen-bond donors (Lipinski definition) is 2. The quantitative estimate of drug-likeness (QED) is 0.529. The summed E-state index contributed by atoms with van der Waals surface area (Å²) >= 11 is 3.52. The van der Waals surface area contributed by atoms with Crippen LogP contribution in [0.5, 0.6) is 5.75 Å². The van der Waals surface area contributed by atoms with Crippen molar-refractivity contribution in [3.8, 4) is 5.75 Å². The van der Waals surface area contributed by atoms with E-state index in [1.165, 1.54) is 6.21 Å². The fraction of sp³-hybridized carbons (Fsp3) is 0.0526. The molecule has 0 spiro atoms. The number of fused-ring (bicyclic) bond motifs is 1. The monoisotopic (exact) mass is 382 g/mol. The van der Waals surface area contributed by atoms with Crippen LogP contribution >= 0.6 is 15.9 Å². The summed E-state index contributed by atoms with van der Waals surface area (Å²) in [7, 11) is 0. The highest BCUT2D eigenvalue weighted by molar-refractivity contribution is 9.10. The molecule has 0 aliphatic heterocycles. The molecule has 0 bridgehead atoms. The third kappa shape index (κ3) is 3.63. The molecule has 0 heterocycles. The molecule has 0 fully saturated rings. The highest BCUT2D eigenvalue weighted by atomic mass is 79.9. The number of carbonyl (C=O) groups excluding carboxylic acids is 1. The van der Waals surface area contributed by atoms with Crippen LogP contribution in [0.3, 0.4) is 0 Å². The number of benzene rings is 3. The number of nitrogens with one attached hydrogen (secondary N) is 1. The minimum Gasteiger partial charge on any atom is -0.507 e. The van der Waals surface area contributed by atoms with Crippen LogP contribution in [0.15, 0.2) is 70.2 Å². The number of nitrogens with zero attached hydrogens (tertiary/aromatic N) is 1. The Morgan fingerprint density at radius 3 is 2.54 bits per heavy atom. The average molecular weight is 383 g/mol. The SMILES string of the molecule is O=C(Cc1ccc(Br)c2ccccc12)NN=Cc1ccccc1O. The van der Waals surface area contributed by atoms with Gasteiger partial charge in [0.2, 0.25) is 5.91 Å². The number of aromatic hydroxyl groups is 1. The molecule has 5 heteroatoms. The van der Waals surface area contributed by atoms with Crippen molar-refractivity contribution in [3.63, 3.8) is 0 Å². The van der Waals surface area contributed by atoms with E-state index in [1.807, 2.05) is 36.4 Å². The van der Waals surface area contributed by atoms with Crippen molar-refractivity contribution in [2.75, 3.05) is 0 Å². The third-order valence-electron chi connectivity index (χ3n) is 3.64. The molecule has 1 amide bonds. The van der Waals surface area contributed by atoms with Crippen molar-refractivity contribution in [1.82, 2.24) is 5.43 Å². The number of carbonyl (C=O) groups is 1. The van der Waals surface area contributed by atoms with E-state index in [0.29, 0.717) is 5.56 Å². The fourth-order valence-electron chi connectivity index (χ4n) is 2.46. The Morgan fingerprint density at radius 2 is 1.75 bits per heavy atom. The van der Waals surface area contributed by atoms with E-state index in [-0.39, 0.29) is 18.1 Å². The summed E-state index contributed by atoms with van der Waals surface area (Å²) in [5, 5.41) is 15.7. The molecule has 2 N–H and O–H groups in total. The number of para-hydroxylation sites is 1. The first kappa shape index (κ1) is 16.2. The fourth-order valence-corrected chi connectivity index (χ4v) is 2.94. The number of amides is 1. The van der Waals surface area contributed by atoms with E-state index in [1.54, 1.807) is 24.3 Å². The Kier molecular flexibility index (Phi) is 4.91. The Hall–Kier alpha value is -2.66. The number of phenols is 1. The van der Waals surface area contributed by atoms with E-state index < -0.39 is 0 Å². The number of rotatable bonds is 4. The molecule has 0 saturated carbocycles. The van der Waals surface area contributed by atoms with Crippen molar-refractivity contribution >= 4 is 38.8 Å². The molecule has 0 radical (unpaired) electrons. The van der Waals surface area contributed by atoms with Crippen LogP contribution in [-0.2, 0) is 11.2 Å². The van der Waals surface area contributed by atoms with Gasteiger partial charge in [-0.15, -0.1) is 0 Å². The van der Waals surface area contributed by atoms with Crippen LogP contribution in [0.1, 0.15) is 11.1 Å². The van der Waals surface area contributed by atoms with E-state index in [2.05, 4.69) is 26.5 Å². The van der Waals surface area contributed by atoms with Crippen LogP contribution in [0.2, 0.25) is 0 Å². The lowest BCUT2D eigenvalue weighted by molar-refractivity contribution is -0.120. The molecule has 0 aliphatic rings. The number of halogens is 1. The summed E-state index contributed by atoms with van der Waals surface area (Å²) < 4.78 is 1.000. The van der Waals surface area contributed by atoms with Gasteiger partial charge in [0, 0.05) is 10.0 Å². The van der Waals surface area contributed by atoms with Gasteiger partial charge in [-0.3, -0.25) is 4.79 Å². The van der Waals surface area contributed by atoms with Crippen molar-refractivity contribution in [2.45, 2.75) is 6.42 Å². The van der Waals surface area contributed by atoms with Gasteiger partial charge in [-0.2, -0.15) is 5.10 Å². The third-order valence-corrected chi connectivity index (χ3v) is 4.33. The molecular weight excluding hydrogens is 368 g/mol. The Bertz CT molecular complexity index is 922. The molecule has 0 aromatic heterocycles. The molecule has 3 rings (SSSR count). The largest absolute Gasteiger partial charge is 0.507 e. The Labute approximate surface area is 148 Å². The van der Waals surface area contributed by atoms with Gasteiger partial charge >= 0.3 is 0 Å². The minimum absolute atomic E-state index is 0.120. The van der Waals surface area contributed by atoms with E-state index in [0.717, 1.165) is 20.8 Å². The predicted molar refractivity (Wildman–Crippen MR) is 99.2 cm³/mol. The zero-order valence-electron chi connectivity index (χ0n) is 12.7. The Balaban J connectivity index is 1.72. The average Bonchev–Trinajstić information content (AvgIpc) is 2.59. The van der Waals surface area contributed by atoms with Gasteiger partial charge in [0.05, 0.1) is 12.6 Å². The minimum atomic E-state index is -0.214. The molecule has 0 atom stereocenters. The highest BCUT2D eigenvalue weighted by Gasteiger charge is 2.08. The van der Waals surface area contributed by atoms with E-state index >= 15 is 0 Å². The summed E-state index contributed by atoms with van der Waals surface area (Å²) in [5.74, 6) is -0.0939. The molecule has 120 valence electrons. The van der Waals surface area contributed by atoms with Crippen molar-refractivity contribution in [3.05, 3.63) is 76.3 Å². The predicted octanol–water partition coefficient (Wildman–Crippen LogP) is 4.00. The normalized spacial score (nSPS) is 11.0. The molecule has 24 heavy (non-hydrogen) atoms. The van der Waals surface area contributed by atoms with Gasteiger partial charge in [-0.05, 0) is 34.5 Å². The van der Waals surface area contributed by atoms with Crippen LogP contribution in [0.4, 0.5) is 0 Å². The zero-order chi connectivity index (χ0) is 16.9. The van der Waals surface area contributed by atoms with Gasteiger partial charge in [0.25, 0.3) is 0 Å². The number of phenolic OH excluding ortho intramolecular Hbond substituents is 1. The summed E-state index contributed by atoms with van der Waals surface area (Å²) in [5.41, 5.74) is 3.98. The first-order valence-corrected chi connectivity index (χ1v) is 8.20. The topological polar surface area (TPSA) is 61.7 Å². The number of hydrazone groups is 1. The van der Waals surface area contributed by atoms with Gasteiger partial charge < -0.3 is 5.11 Å². The second kappa shape index (κ2) is 7.27. The first-order chi connectivity index (χ1) is 11.6. The second-order valence-corrected chi connectivity index (χ2v) is 6.14. The standard InChI is InChI=1S/C19H15BrN2O2/c20-17-10-9-13(15-6-2-3-7-16(15)17)11-19(24)22-21-12-14-5-1-4-8-18(14)23/h1-10,12,23H,11H2,(H,22,24). The molecule has 0 aliphatic carbocycles. The molecule has 3 aromatic rings. The maximum Gasteiger partial charge on any atom is 0.244 e. The Morgan fingerprint density at radius 1 is 1.04 bits per heavy atom. The smallest absolute Gasteiger partial charge is 0.244 e. The van der Waals surface area contributed by atoms with Crippen LogP contribution in [0, 0.1) is 0 Å². The van der Waals surface area contributed by atoms with Crippen LogP contribution in [0.25, 0.3) is 10.8 Å². The maximum absolute atomic E-state index is 12.1. The first-order valence-electron chi connectivity index (χ1n) is 7.41. The number of hydrogen-bond acceptors (Lipinski definition) is 3. The van der Waals surface area contributed by atoms with E-state index in [9.17, 15) is 9.90 Å². The molecular formula is C19H15BrN2O2. The van der Waals surface area contributed by atoms with Gasteiger partial charge in [0.15, 0.2) is 0 Å². The summed E-state index contributed by atoms with van der Waals surface area (Å²) in [6.07, 6.45) is 1.65. The summed E-state index contributed by atoms with van der Waals surface area (Å²) in [6, 6.07) is 18.6. The molecule has 0 unspecified atom stereocenters. The van der Waals surface area contributed by atoms with Crippen molar-refractivity contribution in [1.29, 1.82) is 0 Å². The van der Waals surface area contributed by atoms with E-state index in [4.69, 9.17) is 0 Å². The van der Waals surface area contributed by atoms with Crippen LogP contribution in [-0.4, -0.2) is 17.2 Å². The molecule has 4 nitrogen and oxygen atoms in total. The molecule has 3 aromatic carbocycles. The second-order valence-electron chi connectivity index (χ2n) is 5.28. The maximum atomic E-state index is 12.1. The zero-order valence-corrected chi connectivity index (χ0v) is 14.3. The summed E-state index contributed by atoms with van der Waals surface area (Å²) in [4.78, 5) is 12.1. The lowest BCUT2D eigenvalue weighted by atomic mass is 10.0. The van der Waals surface area contributed by atoms with Gasteiger partial charge in [-0.1, -0.05) is 58.4 Å². The lowest BCUT2D eigenvalue weighted by Crippen LogP contribution is -2.19. The lowest BCUT2D eigenvalue weighted by Gasteiger charge is -2.07. The van der Waals surface area contributed by atoms with Crippen LogP contribution < -0.4 is 5.43 Å². The van der Waals surface area contributed by atoms with Gasteiger partial charge in [0.1, 0.15) is 5.75 Å². The van der Waals surface area contributed by atoms with Crippen molar-refractivity contribution in [2.24, 2.45) is 5.10 Å². The summed E-state index contributed by atoms with van der Waals surface area (Å²) in [6.45, 7) is 0. The van der Waals surface area contributed by atoms with Crippen molar-refractivity contribution < 1.29 is 9.90 Å².